The van der Waals surface area contributed by atoms with Gasteiger partial charge in [-0.3, -0.25) is 4.79 Å². The summed E-state index contributed by atoms with van der Waals surface area (Å²) in [6.45, 7) is 0. The van der Waals surface area contributed by atoms with Crippen molar-refractivity contribution in [2.45, 2.75) is 0 Å². The van der Waals surface area contributed by atoms with Crippen molar-refractivity contribution in [2.24, 2.45) is 4.99 Å². The number of para-hydroxylation sites is 1. The quantitative estimate of drug-likeness (QED) is 0.300. The van der Waals surface area contributed by atoms with E-state index in [9.17, 15) is 15.2 Å². The van der Waals surface area contributed by atoms with Crippen LogP contribution in [0.5, 0.6) is 5.88 Å². The number of aromatic nitrogens is 1. The molecule has 0 fully saturated rings. The third-order valence-electron chi connectivity index (χ3n) is 5.26. The molecule has 0 atom stereocenters. The molecule has 0 saturated heterocycles. The van der Waals surface area contributed by atoms with Gasteiger partial charge in [0.15, 0.2) is 5.88 Å². The lowest BCUT2D eigenvalue weighted by Crippen LogP contribution is -2.14. The Balaban J connectivity index is 1.66. The average molecular weight is 439 g/mol. The van der Waals surface area contributed by atoms with Crippen molar-refractivity contribution in [1.82, 2.24) is 4.98 Å². The molecule has 5 rings (SSSR count). The van der Waals surface area contributed by atoms with Crippen molar-refractivity contribution in [2.75, 3.05) is 5.32 Å². The molecular formula is C25H15ClN4O2. The second-order valence-electron chi connectivity index (χ2n) is 7.20. The Morgan fingerprint density at radius 2 is 1.69 bits per heavy atom. The van der Waals surface area contributed by atoms with Crippen molar-refractivity contribution < 1.29 is 9.90 Å². The number of nitrogens with zero attached hydrogens (tertiary/aromatic N) is 2. The Kier molecular flexibility index (Phi) is 4.74. The topological polar surface area (TPSA) is 101 Å². The van der Waals surface area contributed by atoms with Gasteiger partial charge < -0.3 is 15.4 Å². The summed E-state index contributed by atoms with van der Waals surface area (Å²) in [7, 11) is 0. The van der Waals surface area contributed by atoms with Gasteiger partial charge in [-0.15, -0.1) is 0 Å². The summed E-state index contributed by atoms with van der Waals surface area (Å²) < 4.78 is 0. The SMILES string of the molecule is N#C/C(C(=O)Nc1ccc(Cl)cc1)=C1\N=C(c2c(O)[nH]c3ccccc23)c2ccccc21. The fraction of sp³-hybridized carbons (Fsp3) is 0. The lowest BCUT2D eigenvalue weighted by Gasteiger charge is -2.06. The third kappa shape index (κ3) is 3.22. The number of fused-ring (bicyclic) bond motifs is 2. The van der Waals surface area contributed by atoms with Crippen molar-refractivity contribution >= 4 is 45.5 Å². The number of benzene rings is 3. The molecular weight excluding hydrogens is 424 g/mol. The van der Waals surface area contributed by atoms with Gasteiger partial charge in [0.1, 0.15) is 11.6 Å². The van der Waals surface area contributed by atoms with Crippen molar-refractivity contribution in [3.8, 4) is 11.9 Å². The van der Waals surface area contributed by atoms with Gasteiger partial charge in [-0.2, -0.15) is 5.26 Å². The smallest absolute Gasteiger partial charge is 0.268 e. The van der Waals surface area contributed by atoms with Crippen LogP contribution >= 0.6 is 11.6 Å². The number of amides is 1. The predicted octanol–water partition coefficient (Wildman–Crippen LogP) is 5.25. The molecule has 0 spiro atoms. The zero-order chi connectivity index (χ0) is 22.2. The normalized spacial score (nSPS) is 13.9. The van der Waals surface area contributed by atoms with Crippen LogP contribution in [0.4, 0.5) is 5.69 Å². The Hall–Kier alpha value is -4.34. The van der Waals surface area contributed by atoms with Gasteiger partial charge in [-0.05, 0) is 30.3 Å². The summed E-state index contributed by atoms with van der Waals surface area (Å²) in [4.78, 5) is 20.6. The number of carbonyl (C=O) groups is 1. The standard InChI is InChI=1S/C25H15ClN4O2/c26-14-9-11-15(12-10-14)28-24(31)19(13-27)22-16-5-1-2-6-17(16)23(30-22)21-18-7-3-4-8-20(18)29-25(21)32/h1-12,29,32H,(H,28,31)/b22-19+. The second kappa shape index (κ2) is 7.73. The fourth-order valence-corrected chi connectivity index (χ4v) is 3.94. The number of hydrogen-bond donors (Lipinski definition) is 3. The van der Waals surface area contributed by atoms with Crippen LogP contribution in [0.15, 0.2) is 83.4 Å². The molecule has 1 aliphatic heterocycles. The largest absolute Gasteiger partial charge is 0.494 e. The molecule has 154 valence electrons. The summed E-state index contributed by atoms with van der Waals surface area (Å²) in [5.74, 6) is -0.599. The van der Waals surface area contributed by atoms with Gasteiger partial charge in [-0.1, -0.05) is 54.1 Å². The number of H-pyrrole nitrogens is 1. The summed E-state index contributed by atoms with van der Waals surface area (Å²) in [6.07, 6.45) is 0. The Labute approximate surface area is 188 Å². The number of aromatic amines is 1. The van der Waals surface area contributed by atoms with E-state index in [1.807, 2.05) is 48.5 Å². The first-order valence-corrected chi connectivity index (χ1v) is 10.1. The van der Waals surface area contributed by atoms with Crippen LogP contribution in [0.25, 0.3) is 16.6 Å². The number of nitriles is 1. The number of aliphatic imine (C=N–C) groups is 1. The first-order chi connectivity index (χ1) is 15.6. The van der Waals surface area contributed by atoms with E-state index in [1.165, 1.54) is 0 Å². The summed E-state index contributed by atoms with van der Waals surface area (Å²) in [5, 5.41) is 24.5. The highest BCUT2D eigenvalue weighted by molar-refractivity contribution is 6.30. The molecule has 1 aliphatic rings. The van der Waals surface area contributed by atoms with E-state index < -0.39 is 5.91 Å². The van der Waals surface area contributed by atoms with Crippen molar-refractivity contribution in [1.29, 1.82) is 5.26 Å². The first-order valence-electron chi connectivity index (χ1n) is 9.76. The van der Waals surface area contributed by atoms with Gasteiger partial charge in [0.25, 0.3) is 5.91 Å². The maximum Gasteiger partial charge on any atom is 0.268 e. The lowest BCUT2D eigenvalue weighted by atomic mass is 9.97. The number of hydrogen-bond acceptors (Lipinski definition) is 4. The van der Waals surface area contributed by atoms with Gasteiger partial charge >= 0.3 is 0 Å². The molecule has 1 aromatic heterocycles. The molecule has 32 heavy (non-hydrogen) atoms. The molecule has 7 heteroatoms. The van der Waals surface area contributed by atoms with Crippen molar-refractivity contribution in [3.63, 3.8) is 0 Å². The number of halogens is 1. The van der Waals surface area contributed by atoms with E-state index in [0.29, 0.717) is 27.5 Å². The predicted molar refractivity (Wildman–Crippen MR) is 125 cm³/mol. The summed E-state index contributed by atoms with van der Waals surface area (Å²) in [5.41, 5.74) is 3.81. The van der Waals surface area contributed by atoms with E-state index in [4.69, 9.17) is 11.6 Å². The van der Waals surface area contributed by atoms with E-state index in [0.717, 1.165) is 16.5 Å². The molecule has 1 amide bonds. The van der Waals surface area contributed by atoms with E-state index in [1.54, 1.807) is 30.3 Å². The van der Waals surface area contributed by atoms with Crippen molar-refractivity contribution in [3.05, 3.63) is 100 Å². The molecule has 2 heterocycles. The van der Waals surface area contributed by atoms with Crippen LogP contribution in [-0.4, -0.2) is 21.7 Å². The third-order valence-corrected chi connectivity index (χ3v) is 5.51. The second-order valence-corrected chi connectivity index (χ2v) is 7.63. The Morgan fingerprint density at radius 3 is 2.44 bits per heavy atom. The first kappa shape index (κ1) is 19.6. The van der Waals surface area contributed by atoms with E-state index in [-0.39, 0.29) is 17.2 Å². The van der Waals surface area contributed by atoms with Gasteiger partial charge in [0.05, 0.1) is 17.0 Å². The molecule has 0 unspecified atom stereocenters. The maximum absolute atomic E-state index is 12.9. The van der Waals surface area contributed by atoms with E-state index in [2.05, 4.69) is 15.3 Å². The number of carbonyl (C=O) groups excluding carboxylic acids is 1. The molecule has 0 aliphatic carbocycles. The molecule has 0 radical (unpaired) electrons. The minimum absolute atomic E-state index is 0.0230. The fourth-order valence-electron chi connectivity index (χ4n) is 3.82. The van der Waals surface area contributed by atoms with E-state index >= 15 is 0 Å². The van der Waals surface area contributed by atoms with Crippen LogP contribution in [0.1, 0.15) is 16.7 Å². The highest BCUT2D eigenvalue weighted by Gasteiger charge is 2.29. The minimum atomic E-state index is -0.576. The Morgan fingerprint density at radius 1 is 1.00 bits per heavy atom. The highest BCUT2D eigenvalue weighted by Crippen LogP contribution is 2.38. The number of anilines is 1. The average Bonchev–Trinajstić information content (AvgIpc) is 3.33. The summed E-state index contributed by atoms with van der Waals surface area (Å²) in [6, 6.07) is 23.4. The van der Waals surface area contributed by atoms with Crippen LogP contribution in [0.3, 0.4) is 0 Å². The molecule has 3 aromatic carbocycles. The Bertz CT molecular complexity index is 1490. The number of rotatable bonds is 3. The van der Waals surface area contributed by atoms with Crippen LogP contribution in [0, 0.1) is 11.3 Å². The van der Waals surface area contributed by atoms with Gasteiger partial charge in [0, 0.05) is 32.7 Å². The molecule has 4 aromatic rings. The molecule has 3 N–H and O–H groups in total. The number of nitrogens with one attached hydrogen (secondary N) is 2. The lowest BCUT2D eigenvalue weighted by molar-refractivity contribution is -0.112. The van der Waals surface area contributed by atoms with Crippen LogP contribution < -0.4 is 5.32 Å². The van der Waals surface area contributed by atoms with Crippen LogP contribution in [0.2, 0.25) is 5.02 Å². The molecule has 6 nitrogen and oxygen atoms in total. The zero-order valence-electron chi connectivity index (χ0n) is 16.6. The molecule has 0 saturated carbocycles. The zero-order valence-corrected chi connectivity index (χ0v) is 17.3. The highest BCUT2D eigenvalue weighted by atomic mass is 35.5. The molecule has 0 bridgehead atoms. The van der Waals surface area contributed by atoms with Gasteiger partial charge in [-0.25, -0.2) is 4.99 Å². The maximum atomic E-state index is 12.9. The van der Waals surface area contributed by atoms with Gasteiger partial charge in [0.2, 0.25) is 0 Å². The minimum Gasteiger partial charge on any atom is -0.494 e. The van der Waals surface area contributed by atoms with Crippen LogP contribution in [-0.2, 0) is 4.79 Å². The summed E-state index contributed by atoms with van der Waals surface area (Å²) >= 11 is 5.90. The number of aromatic hydroxyl groups is 1. The monoisotopic (exact) mass is 438 g/mol.